The molecule has 1 saturated carbocycles. The van der Waals surface area contributed by atoms with Crippen LogP contribution in [-0.4, -0.2) is 56.6 Å². The van der Waals surface area contributed by atoms with Gasteiger partial charge in [-0.3, -0.25) is 0 Å². The molecule has 44 heavy (non-hydrogen) atoms. The molecule has 4 N–H and O–H groups in total. The highest BCUT2D eigenvalue weighted by Crippen LogP contribution is 2.55. The maximum absolute atomic E-state index is 12.5. The average Bonchev–Trinajstić information content (AvgIpc) is 3.60. The van der Waals surface area contributed by atoms with Gasteiger partial charge >= 0.3 is 0 Å². The molecule has 0 spiro atoms. The van der Waals surface area contributed by atoms with E-state index in [0.717, 1.165) is 11.1 Å². The van der Waals surface area contributed by atoms with Crippen molar-refractivity contribution < 1.29 is 19.7 Å². The van der Waals surface area contributed by atoms with Gasteiger partial charge in [-0.15, -0.1) is 0 Å². The summed E-state index contributed by atoms with van der Waals surface area (Å²) in [6.07, 6.45) is 2.26. The van der Waals surface area contributed by atoms with Crippen molar-refractivity contribution in [2.24, 2.45) is 5.92 Å². The number of ether oxygens (including phenoxy) is 2. The highest BCUT2D eigenvalue weighted by atomic mass is 28.3. The Bertz CT molecular complexity index is 1690. The topological polar surface area (TPSA) is 129 Å². The first-order valence-corrected chi connectivity index (χ1v) is 18.1. The normalized spacial score (nSPS) is 22.0. The Morgan fingerprint density at radius 2 is 1.52 bits per heavy atom. The molecular weight excluding hydrogens is 570 g/mol. The molecule has 0 amide bonds. The van der Waals surface area contributed by atoms with E-state index in [1.54, 1.807) is 6.33 Å². The van der Waals surface area contributed by atoms with Crippen LogP contribution in [0.3, 0.4) is 0 Å². The van der Waals surface area contributed by atoms with E-state index >= 15 is 0 Å². The quantitative estimate of drug-likeness (QED) is 0.187. The number of aromatic nitrogens is 4. The fourth-order valence-corrected chi connectivity index (χ4v) is 10.4. The third kappa shape index (κ3) is 5.73. The lowest BCUT2D eigenvalue weighted by molar-refractivity contribution is -0.0935. The Morgan fingerprint density at radius 1 is 0.909 bits per heavy atom. The summed E-state index contributed by atoms with van der Waals surface area (Å²) in [6.45, 7) is 5.24. The molecule has 0 saturated heterocycles. The molecule has 5 aromatic rings. The molecule has 9 nitrogen and oxygen atoms in total. The fraction of sp³-hybridized carbons (Fsp3) is 0.324. The molecular formula is C34H39N5O4Si. The molecule has 0 aliphatic heterocycles. The second-order valence-electron chi connectivity index (χ2n) is 12.2. The third-order valence-electron chi connectivity index (χ3n) is 9.25. The number of anilines is 1. The van der Waals surface area contributed by atoms with Gasteiger partial charge in [0.25, 0.3) is 0 Å². The predicted molar refractivity (Wildman–Crippen MR) is 173 cm³/mol. The maximum Gasteiger partial charge on any atom is 0.247 e. The smallest absolute Gasteiger partial charge is 0.247 e. The zero-order valence-electron chi connectivity index (χ0n) is 25.1. The molecule has 6 rings (SSSR count). The van der Waals surface area contributed by atoms with Crippen LogP contribution in [0, 0.1) is 5.92 Å². The van der Waals surface area contributed by atoms with Crippen LogP contribution in [0.25, 0.3) is 11.2 Å². The number of imidazole rings is 1. The van der Waals surface area contributed by atoms with Gasteiger partial charge in [-0.05, 0) is 23.1 Å². The number of nitrogen functional groups attached to an aromatic ring is 1. The number of hydrogen-bond donors (Lipinski definition) is 3. The van der Waals surface area contributed by atoms with Gasteiger partial charge in [-0.2, -0.15) is 9.97 Å². The number of rotatable bonds is 11. The Hall–Kier alpha value is -4.09. The van der Waals surface area contributed by atoms with Gasteiger partial charge in [0.1, 0.15) is 12.2 Å². The largest absolute Gasteiger partial charge is 0.471 e. The SMILES string of the molecule is C[Si](C)(c1ccccc1)C1C[C@H](n2cnc3c(OCc4ccccc4)nc(N)nc32)[C@](O)(CO)[C@@H]1COCc1ccccc1. The van der Waals surface area contributed by atoms with E-state index in [0.29, 0.717) is 37.4 Å². The molecule has 10 heteroatoms. The first-order valence-electron chi connectivity index (χ1n) is 15.0. The minimum atomic E-state index is -2.20. The molecule has 3 aromatic carbocycles. The summed E-state index contributed by atoms with van der Waals surface area (Å²) >= 11 is 0. The lowest BCUT2D eigenvalue weighted by atomic mass is 9.89. The Balaban J connectivity index is 1.36. The van der Waals surface area contributed by atoms with E-state index in [2.05, 4.69) is 52.3 Å². The second-order valence-corrected chi connectivity index (χ2v) is 16.9. The van der Waals surface area contributed by atoms with Crippen LogP contribution in [0.2, 0.25) is 18.6 Å². The van der Waals surface area contributed by atoms with Crippen molar-refractivity contribution >= 4 is 30.4 Å². The minimum Gasteiger partial charge on any atom is -0.471 e. The molecule has 1 fully saturated rings. The summed E-state index contributed by atoms with van der Waals surface area (Å²) in [7, 11) is -2.20. The number of benzene rings is 3. The van der Waals surface area contributed by atoms with E-state index in [1.807, 2.05) is 71.3 Å². The fourth-order valence-electron chi connectivity index (χ4n) is 6.76. The number of nitrogens with zero attached hydrogens (tertiary/aromatic N) is 4. The summed E-state index contributed by atoms with van der Waals surface area (Å²) in [5.41, 5.74) is 7.70. The van der Waals surface area contributed by atoms with Crippen LogP contribution in [0.15, 0.2) is 97.3 Å². The van der Waals surface area contributed by atoms with E-state index in [9.17, 15) is 10.2 Å². The van der Waals surface area contributed by atoms with Crippen molar-refractivity contribution in [1.82, 2.24) is 19.5 Å². The van der Waals surface area contributed by atoms with Gasteiger partial charge < -0.3 is 30.0 Å². The Kier molecular flexibility index (Phi) is 8.50. The molecule has 228 valence electrons. The molecule has 2 heterocycles. The zero-order valence-corrected chi connectivity index (χ0v) is 26.1. The summed E-state index contributed by atoms with van der Waals surface area (Å²) < 4.78 is 14.2. The van der Waals surface area contributed by atoms with Gasteiger partial charge in [0.2, 0.25) is 11.8 Å². The van der Waals surface area contributed by atoms with Gasteiger partial charge in [0.05, 0.1) is 40.3 Å². The average molecular weight is 610 g/mol. The highest BCUT2D eigenvalue weighted by Gasteiger charge is 2.59. The number of aliphatic hydroxyl groups excluding tert-OH is 1. The van der Waals surface area contributed by atoms with Crippen LogP contribution in [0.1, 0.15) is 23.6 Å². The van der Waals surface area contributed by atoms with Crippen molar-refractivity contribution in [3.8, 4) is 5.88 Å². The molecule has 1 aliphatic carbocycles. The molecule has 0 bridgehead atoms. The zero-order chi connectivity index (χ0) is 30.7. The maximum atomic E-state index is 12.5. The lowest BCUT2D eigenvalue weighted by Gasteiger charge is -2.39. The summed E-state index contributed by atoms with van der Waals surface area (Å²) in [5, 5.41) is 24.7. The summed E-state index contributed by atoms with van der Waals surface area (Å²) in [5.74, 6) is -0.0152. The van der Waals surface area contributed by atoms with Crippen molar-refractivity contribution in [1.29, 1.82) is 0 Å². The number of nitrogens with two attached hydrogens (primary N) is 1. The first kappa shape index (κ1) is 30.0. The third-order valence-corrected chi connectivity index (χ3v) is 13.6. The van der Waals surface area contributed by atoms with Crippen molar-refractivity contribution in [3.63, 3.8) is 0 Å². The lowest BCUT2D eigenvalue weighted by Crippen LogP contribution is -2.52. The number of hydrogen-bond acceptors (Lipinski definition) is 8. The predicted octanol–water partition coefficient (Wildman–Crippen LogP) is 4.47. The molecule has 1 unspecified atom stereocenters. The summed E-state index contributed by atoms with van der Waals surface area (Å²) in [6, 6.07) is 29.8. The molecule has 0 radical (unpaired) electrons. The number of aliphatic hydroxyl groups is 2. The van der Waals surface area contributed by atoms with E-state index in [1.165, 1.54) is 5.19 Å². The van der Waals surface area contributed by atoms with Crippen LogP contribution in [0.5, 0.6) is 5.88 Å². The number of fused-ring (bicyclic) bond motifs is 1. The molecule has 2 aromatic heterocycles. The van der Waals surface area contributed by atoms with Crippen LogP contribution in [-0.2, 0) is 18.0 Å². The second kappa shape index (κ2) is 12.5. The minimum absolute atomic E-state index is 0.0473. The standard InChI is InChI=1S/C34H39N5O4Si/c1-44(2,26-16-10-5-11-17-26)28-18-29(34(41,22-40)27(28)21-42-19-24-12-6-3-7-13-24)39-23-36-30-31(39)37-33(35)38-32(30)43-20-25-14-8-4-9-15-25/h3-17,23,27-29,40-41H,18-22H2,1-2H3,(H2,35,37,38)/t27-,28?,29+,34+/m1/s1. The van der Waals surface area contributed by atoms with Gasteiger partial charge in [0.15, 0.2) is 11.2 Å². The van der Waals surface area contributed by atoms with Crippen molar-refractivity contribution in [3.05, 3.63) is 108 Å². The Morgan fingerprint density at radius 3 is 2.16 bits per heavy atom. The monoisotopic (exact) mass is 609 g/mol. The molecule has 1 aliphatic rings. The first-order chi connectivity index (χ1) is 21.3. The van der Waals surface area contributed by atoms with Crippen LogP contribution < -0.4 is 15.7 Å². The van der Waals surface area contributed by atoms with Gasteiger partial charge in [-0.1, -0.05) is 109 Å². The van der Waals surface area contributed by atoms with E-state index in [4.69, 9.17) is 15.2 Å². The van der Waals surface area contributed by atoms with Crippen LogP contribution >= 0.6 is 0 Å². The van der Waals surface area contributed by atoms with Crippen molar-refractivity contribution in [2.45, 2.75) is 49.9 Å². The van der Waals surface area contributed by atoms with Crippen molar-refractivity contribution in [2.75, 3.05) is 18.9 Å². The van der Waals surface area contributed by atoms with Crippen LogP contribution in [0.4, 0.5) is 5.95 Å². The highest BCUT2D eigenvalue weighted by molar-refractivity contribution is 6.91. The van der Waals surface area contributed by atoms with E-state index in [-0.39, 0.29) is 23.3 Å². The van der Waals surface area contributed by atoms with Gasteiger partial charge in [-0.25, -0.2) is 4.98 Å². The Labute approximate surface area is 258 Å². The molecule has 4 atom stereocenters. The van der Waals surface area contributed by atoms with E-state index < -0.39 is 26.3 Å². The summed E-state index contributed by atoms with van der Waals surface area (Å²) in [4.78, 5) is 13.5. The van der Waals surface area contributed by atoms with Gasteiger partial charge in [0, 0.05) is 5.92 Å².